The van der Waals surface area contributed by atoms with Crippen molar-refractivity contribution in [1.29, 1.82) is 0 Å². The van der Waals surface area contributed by atoms with Gasteiger partial charge in [-0.3, -0.25) is 4.31 Å². The van der Waals surface area contributed by atoms with Gasteiger partial charge >= 0.3 is 0 Å². The molecule has 0 unspecified atom stereocenters. The monoisotopic (exact) mass is 417 g/mol. The van der Waals surface area contributed by atoms with E-state index in [1.54, 1.807) is 12.1 Å². The van der Waals surface area contributed by atoms with Gasteiger partial charge in [-0.25, -0.2) is 8.42 Å². The average Bonchev–Trinajstić information content (AvgIpc) is 3.10. The summed E-state index contributed by atoms with van der Waals surface area (Å²) in [6.45, 7) is 2.09. The number of benzene rings is 2. The summed E-state index contributed by atoms with van der Waals surface area (Å²) in [5, 5.41) is 7.31. The maximum atomic E-state index is 11.8. The van der Waals surface area contributed by atoms with E-state index in [0.717, 1.165) is 31.4 Å². The van der Waals surface area contributed by atoms with E-state index in [1.807, 2.05) is 12.1 Å². The van der Waals surface area contributed by atoms with Crippen molar-refractivity contribution >= 4 is 38.7 Å². The first-order valence-electron chi connectivity index (χ1n) is 9.40. The largest absolute Gasteiger partial charge is 0.353 e. The molecule has 1 aliphatic rings. The molecule has 0 aromatic heterocycles. The molecule has 7 heteroatoms. The second kappa shape index (κ2) is 8.09. The third kappa shape index (κ3) is 4.64. The van der Waals surface area contributed by atoms with E-state index in [0.29, 0.717) is 10.8 Å². The number of rotatable bonds is 5. The molecule has 2 N–H and O–H groups in total. The highest BCUT2D eigenvalue weighted by Crippen LogP contribution is 2.39. The Morgan fingerprint density at radius 3 is 2.36 bits per heavy atom. The topological polar surface area (TPSA) is 61.4 Å². The van der Waals surface area contributed by atoms with Gasteiger partial charge in [0.25, 0.3) is 0 Å². The Morgan fingerprint density at radius 2 is 1.75 bits per heavy atom. The van der Waals surface area contributed by atoms with Crippen LogP contribution in [-0.2, 0) is 15.6 Å². The molecule has 3 rings (SSSR count). The van der Waals surface area contributed by atoms with Crippen LogP contribution in [0.4, 0.5) is 11.4 Å². The third-order valence-electron chi connectivity index (χ3n) is 5.38. The standard InChI is InChI=1S/C21H27N3O2S2/c1-16-9-11-17(12-10-16)21(13-4-5-14-21)23-20(27)22-18-7-6-8-19(15-18)24(2)28(3,25)26/h6-12,15H,4-5,13-14H2,1-3H3,(H2,22,23,27). The molecule has 28 heavy (non-hydrogen) atoms. The van der Waals surface area contributed by atoms with Crippen LogP contribution in [0.25, 0.3) is 0 Å². The molecule has 0 amide bonds. The fraction of sp³-hybridized carbons (Fsp3) is 0.381. The van der Waals surface area contributed by atoms with Gasteiger partial charge in [0.15, 0.2) is 5.11 Å². The van der Waals surface area contributed by atoms with Gasteiger partial charge in [-0.05, 0) is 55.7 Å². The first-order valence-corrected chi connectivity index (χ1v) is 11.7. The summed E-state index contributed by atoms with van der Waals surface area (Å²) in [7, 11) is -1.77. The number of hydrogen-bond acceptors (Lipinski definition) is 3. The highest BCUT2D eigenvalue weighted by molar-refractivity contribution is 7.92. The number of hydrogen-bond donors (Lipinski definition) is 2. The summed E-state index contributed by atoms with van der Waals surface area (Å²) in [5.74, 6) is 0. The number of nitrogens with one attached hydrogen (secondary N) is 2. The van der Waals surface area contributed by atoms with Crippen LogP contribution >= 0.6 is 12.2 Å². The molecule has 1 aliphatic carbocycles. The first kappa shape index (κ1) is 20.6. The van der Waals surface area contributed by atoms with E-state index >= 15 is 0 Å². The van der Waals surface area contributed by atoms with E-state index < -0.39 is 10.0 Å². The van der Waals surface area contributed by atoms with E-state index in [9.17, 15) is 8.42 Å². The van der Waals surface area contributed by atoms with Crippen LogP contribution in [-0.4, -0.2) is 26.8 Å². The Kier molecular flexibility index (Phi) is 5.95. The number of sulfonamides is 1. The Labute approximate surface area is 173 Å². The lowest BCUT2D eigenvalue weighted by atomic mass is 9.88. The predicted octanol–water partition coefficient (Wildman–Crippen LogP) is 4.15. The van der Waals surface area contributed by atoms with Gasteiger partial charge in [0.2, 0.25) is 10.0 Å². The van der Waals surface area contributed by atoms with Crippen molar-refractivity contribution in [3.63, 3.8) is 0 Å². The third-order valence-corrected chi connectivity index (χ3v) is 6.79. The van der Waals surface area contributed by atoms with Gasteiger partial charge in [-0.2, -0.15) is 0 Å². The molecular formula is C21H27N3O2S2. The van der Waals surface area contributed by atoms with Crippen LogP contribution in [0.15, 0.2) is 48.5 Å². The Hall–Kier alpha value is -2.12. The van der Waals surface area contributed by atoms with Gasteiger partial charge in [-0.15, -0.1) is 0 Å². The Balaban J connectivity index is 1.76. The fourth-order valence-electron chi connectivity index (χ4n) is 3.69. The van der Waals surface area contributed by atoms with Crippen molar-refractivity contribution in [2.45, 2.75) is 38.1 Å². The van der Waals surface area contributed by atoms with Gasteiger partial charge in [0.05, 0.1) is 17.5 Å². The summed E-state index contributed by atoms with van der Waals surface area (Å²) < 4.78 is 24.8. The van der Waals surface area contributed by atoms with E-state index in [4.69, 9.17) is 12.2 Å². The van der Waals surface area contributed by atoms with Crippen LogP contribution in [0, 0.1) is 6.92 Å². The van der Waals surface area contributed by atoms with Crippen molar-refractivity contribution in [2.75, 3.05) is 22.9 Å². The first-order chi connectivity index (χ1) is 13.2. The minimum atomic E-state index is -3.31. The van der Waals surface area contributed by atoms with Gasteiger partial charge in [0.1, 0.15) is 0 Å². The molecule has 5 nitrogen and oxygen atoms in total. The quantitative estimate of drug-likeness (QED) is 0.716. The lowest BCUT2D eigenvalue weighted by molar-refractivity contribution is 0.408. The highest BCUT2D eigenvalue weighted by atomic mass is 32.2. The highest BCUT2D eigenvalue weighted by Gasteiger charge is 2.36. The van der Waals surface area contributed by atoms with E-state index in [1.165, 1.54) is 28.7 Å². The maximum Gasteiger partial charge on any atom is 0.231 e. The normalized spacial score (nSPS) is 15.8. The summed E-state index contributed by atoms with van der Waals surface area (Å²) in [6, 6.07) is 15.9. The zero-order chi connectivity index (χ0) is 20.4. The number of anilines is 2. The van der Waals surface area contributed by atoms with Crippen LogP contribution < -0.4 is 14.9 Å². The van der Waals surface area contributed by atoms with Crippen LogP contribution in [0.3, 0.4) is 0 Å². The predicted molar refractivity (Wildman–Crippen MR) is 120 cm³/mol. The maximum absolute atomic E-state index is 11.8. The smallest absolute Gasteiger partial charge is 0.231 e. The summed E-state index contributed by atoms with van der Waals surface area (Å²) >= 11 is 5.60. The molecular weight excluding hydrogens is 390 g/mol. The van der Waals surface area contributed by atoms with E-state index in [2.05, 4.69) is 41.8 Å². The van der Waals surface area contributed by atoms with Crippen molar-refractivity contribution in [3.8, 4) is 0 Å². The molecule has 2 aromatic carbocycles. The van der Waals surface area contributed by atoms with Gasteiger partial charge in [0, 0.05) is 12.7 Å². The fourth-order valence-corrected chi connectivity index (χ4v) is 4.50. The molecule has 150 valence electrons. The zero-order valence-corrected chi connectivity index (χ0v) is 18.2. The van der Waals surface area contributed by atoms with Crippen molar-refractivity contribution in [2.24, 2.45) is 0 Å². The summed E-state index contributed by atoms with van der Waals surface area (Å²) in [4.78, 5) is 0. The average molecular weight is 418 g/mol. The minimum absolute atomic E-state index is 0.154. The summed E-state index contributed by atoms with van der Waals surface area (Å²) in [6.07, 6.45) is 5.59. The summed E-state index contributed by atoms with van der Waals surface area (Å²) in [5.41, 5.74) is 3.68. The molecule has 2 aromatic rings. The molecule has 0 bridgehead atoms. The molecule has 1 fully saturated rings. The van der Waals surface area contributed by atoms with E-state index in [-0.39, 0.29) is 5.54 Å². The minimum Gasteiger partial charge on any atom is -0.353 e. The van der Waals surface area contributed by atoms with Crippen LogP contribution in [0.2, 0.25) is 0 Å². The molecule has 0 saturated heterocycles. The van der Waals surface area contributed by atoms with Crippen LogP contribution in [0.5, 0.6) is 0 Å². The molecule has 0 aliphatic heterocycles. The molecule has 1 saturated carbocycles. The number of aryl methyl sites for hydroxylation is 1. The second-order valence-electron chi connectivity index (χ2n) is 7.52. The van der Waals surface area contributed by atoms with Gasteiger partial charge < -0.3 is 10.6 Å². The van der Waals surface area contributed by atoms with Crippen LogP contribution in [0.1, 0.15) is 36.8 Å². The molecule has 0 radical (unpaired) electrons. The zero-order valence-electron chi connectivity index (χ0n) is 16.5. The van der Waals surface area contributed by atoms with Crippen molar-refractivity contribution in [3.05, 3.63) is 59.7 Å². The molecule has 0 spiro atoms. The molecule has 0 heterocycles. The van der Waals surface area contributed by atoms with Crippen molar-refractivity contribution < 1.29 is 8.42 Å². The Bertz CT molecular complexity index is 950. The van der Waals surface area contributed by atoms with Gasteiger partial charge in [-0.1, -0.05) is 48.7 Å². The second-order valence-corrected chi connectivity index (χ2v) is 9.94. The lowest BCUT2D eigenvalue weighted by Crippen LogP contribution is -2.45. The number of nitrogens with zero attached hydrogens (tertiary/aromatic N) is 1. The Morgan fingerprint density at radius 1 is 1.11 bits per heavy atom. The van der Waals surface area contributed by atoms with Crippen molar-refractivity contribution in [1.82, 2.24) is 5.32 Å². The number of thiocarbonyl (C=S) groups is 1. The lowest BCUT2D eigenvalue weighted by Gasteiger charge is -2.32. The molecule has 0 atom stereocenters. The SMILES string of the molecule is Cc1ccc(C2(NC(=S)Nc3cccc(N(C)S(C)(=O)=O)c3)CCCC2)cc1.